The first kappa shape index (κ1) is 15.1. The van der Waals surface area contributed by atoms with Crippen molar-refractivity contribution < 1.29 is 4.68 Å². The lowest BCUT2D eigenvalue weighted by Gasteiger charge is -2.08. The summed E-state index contributed by atoms with van der Waals surface area (Å²) in [7, 11) is 5.21. The van der Waals surface area contributed by atoms with E-state index >= 15 is 0 Å². The molecule has 1 N–H and O–H groups in total. The number of tetrazole rings is 1. The van der Waals surface area contributed by atoms with Crippen molar-refractivity contribution >= 4 is 11.2 Å². The number of hydrogen-bond acceptors (Lipinski definition) is 5. The highest BCUT2D eigenvalue weighted by molar-refractivity contribution is 5.69. The Hall–Kier alpha value is -2.78. The first-order valence-corrected chi connectivity index (χ1v) is 7.37. The van der Waals surface area contributed by atoms with Crippen LogP contribution >= 0.6 is 0 Å². The second-order valence-corrected chi connectivity index (χ2v) is 5.56. The Balaban J connectivity index is 1.80. The van der Waals surface area contributed by atoms with Gasteiger partial charge in [-0.05, 0) is 12.8 Å². The number of unbranched alkanes of at least 4 members (excludes halogenated alkanes) is 1. The molecule has 0 saturated carbocycles. The third-order valence-corrected chi connectivity index (χ3v) is 3.98. The lowest BCUT2D eigenvalue weighted by Crippen LogP contribution is -2.39. The lowest BCUT2D eigenvalue weighted by molar-refractivity contribution is -0.738. The van der Waals surface area contributed by atoms with E-state index in [-0.39, 0.29) is 11.2 Å². The predicted octanol–water partition coefficient (Wildman–Crippen LogP) is -1.60. The van der Waals surface area contributed by atoms with Crippen LogP contribution in [0.4, 0.5) is 0 Å². The van der Waals surface area contributed by atoms with Gasteiger partial charge in [-0.2, -0.15) is 4.68 Å². The lowest BCUT2D eigenvalue weighted by atomic mass is 10.2. The molecular weight excluding hydrogens is 300 g/mol. The molecule has 122 valence electrons. The maximum atomic E-state index is 12.5. The van der Waals surface area contributed by atoms with E-state index in [0.717, 1.165) is 18.7 Å². The minimum atomic E-state index is -0.340. The highest BCUT2D eigenvalue weighted by Crippen LogP contribution is 2.04. The molecular formula is C13H19N8O2+. The highest BCUT2D eigenvalue weighted by atomic mass is 16.2. The van der Waals surface area contributed by atoms with E-state index in [2.05, 4.69) is 20.5 Å². The van der Waals surface area contributed by atoms with Crippen LogP contribution in [0.15, 0.2) is 15.9 Å². The molecule has 23 heavy (non-hydrogen) atoms. The van der Waals surface area contributed by atoms with Crippen molar-refractivity contribution in [1.82, 2.24) is 34.2 Å². The topological polar surface area (TPSA) is 107 Å². The van der Waals surface area contributed by atoms with Gasteiger partial charge in [0.2, 0.25) is 0 Å². The molecule has 0 atom stereocenters. The van der Waals surface area contributed by atoms with Crippen LogP contribution in [0.5, 0.6) is 0 Å². The zero-order chi connectivity index (χ0) is 16.6. The summed E-state index contributed by atoms with van der Waals surface area (Å²) in [6.45, 7) is 0.369. The van der Waals surface area contributed by atoms with Gasteiger partial charge in [0, 0.05) is 27.1 Å². The molecule has 10 heteroatoms. The predicted molar refractivity (Wildman–Crippen MR) is 80.7 cm³/mol. The third kappa shape index (κ3) is 2.56. The fourth-order valence-electron chi connectivity index (χ4n) is 2.64. The van der Waals surface area contributed by atoms with Crippen molar-refractivity contribution in [3.8, 4) is 0 Å². The van der Waals surface area contributed by atoms with E-state index in [9.17, 15) is 9.59 Å². The highest BCUT2D eigenvalue weighted by Gasteiger charge is 2.15. The summed E-state index contributed by atoms with van der Waals surface area (Å²) in [4.78, 5) is 29.0. The molecule has 3 heterocycles. The third-order valence-electron chi connectivity index (χ3n) is 3.98. The number of nitrogens with zero attached hydrogens (tertiary/aromatic N) is 7. The standard InChI is InChI=1S/C13H18N8O2/c1-18-8-14-11-10(18)12(22)21(13(23)19(11)2)7-5-4-6-9-15-16-17-20(9)3/h8H,4-7H2,1-3H3/p+1. The molecule has 0 aromatic carbocycles. The average molecular weight is 319 g/mol. The number of H-pyrrole nitrogens is 1. The SMILES string of the molecule is Cn1cnc2c1c(=O)n(CCCCc1nn[nH][n+]1C)c(=O)n2C. The van der Waals surface area contributed by atoms with Gasteiger partial charge in [-0.1, -0.05) is 5.21 Å². The van der Waals surface area contributed by atoms with Gasteiger partial charge < -0.3 is 4.57 Å². The Morgan fingerprint density at radius 3 is 2.74 bits per heavy atom. The zero-order valence-electron chi connectivity index (χ0n) is 13.4. The molecule has 0 aliphatic carbocycles. The molecule has 10 nitrogen and oxygen atoms in total. The molecule has 0 fully saturated rings. The molecule has 3 rings (SSSR count). The maximum Gasteiger partial charge on any atom is 0.332 e. The molecule has 0 amide bonds. The Bertz CT molecular complexity index is 961. The summed E-state index contributed by atoms with van der Waals surface area (Å²) in [5, 5.41) is 10.4. The fraction of sp³-hybridized carbons (Fsp3) is 0.538. The van der Waals surface area contributed by atoms with E-state index < -0.39 is 0 Å². The molecule has 0 spiro atoms. The van der Waals surface area contributed by atoms with Crippen LogP contribution in [0.3, 0.4) is 0 Å². The Morgan fingerprint density at radius 2 is 2.04 bits per heavy atom. The average Bonchev–Trinajstić information content (AvgIpc) is 3.10. The normalized spacial score (nSPS) is 11.4. The van der Waals surface area contributed by atoms with E-state index in [0.29, 0.717) is 24.1 Å². The second-order valence-electron chi connectivity index (χ2n) is 5.56. The van der Waals surface area contributed by atoms with Crippen LogP contribution in [-0.2, 0) is 34.1 Å². The Kier molecular flexibility index (Phi) is 3.80. The molecule has 3 aromatic heterocycles. The van der Waals surface area contributed by atoms with E-state index in [4.69, 9.17) is 0 Å². The van der Waals surface area contributed by atoms with E-state index in [1.54, 1.807) is 29.7 Å². The number of aromatic nitrogens is 8. The van der Waals surface area contributed by atoms with Gasteiger partial charge in [0.15, 0.2) is 16.4 Å². The second kappa shape index (κ2) is 5.78. The van der Waals surface area contributed by atoms with E-state index in [1.165, 1.54) is 9.13 Å². The van der Waals surface area contributed by atoms with Crippen molar-refractivity contribution in [2.75, 3.05) is 0 Å². The van der Waals surface area contributed by atoms with Crippen LogP contribution in [0.1, 0.15) is 18.7 Å². The smallest absolute Gasteiger partial charge is 0.328 e. The number of hydrogen-bond donors (Lipinski definition) is 1. The molecule has 0 aliphatic rings. The number of aryl methyl sites for hydroxylation is 4. The summed E-state index contributed by atoms with van der Waals surface area (Å²) in [5.74, 6) is 0.840. The van der Waals surface area contributed by atoms with Crippen LogP contribution < -0.4 is 15.9 Å². The van der Waals surface area contributed by atoms with Crippen LogP contribution in [-0.4, -0.2) is 34.2 Å². The van der Waals surface area contributed by atoms with Gasteiger partial charge in [-0.25, -0.2) is 9.78 Å². The van der Waals surface area contributed by atoms with Crippen LogP contribution in [0.25, 0.3) is 11.2 Å². The Labute approximate surface area is 131 Å². The molecule has 0 bridgehead atoms. The van der Waals surface area contributed by atoms with Crippen LogP contribution in [0.2, 0.25) is 0 Å². The minimum absolute atomic E-state index is 0.296. The summed E-state index contributed by atoms with van der Waals surface area (Å²) in [5.41, 5.74) is 0.214. The molecule has 0 aliphatic heterocycles. The quantitative estimate of drug-likeness (QED) is 0.450. The number of fused-ring (bicyclic) bond motifs is 1. The summed E-state index contributed by atoms with van der Waals surface area (Å²) >= 11 is 0. The molecule has 0 saturated heterocycles. The van der Waals surface area contributed by atoms with Crippen molar-refractivity contribution in [1.29, 1.82) is 0 Å². The Morgan fingerprint density at radius 1 is 1.26 bits per heavy atom. The van der Waals surface area contributed by atoms with Crippen molar-refractivity contribution in [3.05, 3.63) is 33.0 Å². The number of rotatable bonds is 5. The summed E-state index contributed by atoms with van der Waals surface area (Å²) < 4.78 is 6.07. The molecule has 3 aromatic rings. The number of aromatic amines is 1. The first-order chi connectivity index (χ1) is 11.0. The minimum Gasteiger partial charge on any atom is -0.328 e. The van der Waals surface area contributed by atoms with Crippen molar-refractivity contribution in [3.63, 3.8) is 0 Å². The van der Waals surface area contributed by atoms with E-state index in [1.807, 2.05) is 7.05 Å². The van der Waals surface area contributed by atoms with Gasteiger partial charge >= 0.3 is 5.69 Å². The summed E-state index contributed by atoms with van der Waals surface area (Å²) in [6.07, 6.45) is 3.78. The monoisotopic (exact) mass is 319 g/mol. The van der Waals surface area contributed by atoms with Gasteiger partial charge in [-0.15, -0.1) is 0 Å². The maximum absolute atomic E-state index is 12.5. The number of nitrogens with one attached hydrogen (secondary N) is 1. The van der Waals surface area contributed by atoms with Crippen molar-refractivity contribution in [2.24, 2.45) is 21.1 Å². The van der Waals surface area contributed by atoms with Crippen molar-refractivity contribution in [2.45, 2.75) is 25.8 Å². The first-order valence-electron chi connectivity index (χ1n) is 7.37. The van der Waals surface area contributed by atoms with Gasteiger partial charge in [-0.3, -0.25) is 13.9 Å². The van der Waals surface area contributed by atoms with Crippen LogP contribution in [0, 0.1) is 0 Å². The fourth-order valence-corrected chi connectivity index (χ4v) is 2.64. The molecule has 0 radical (unpaired) electrons. The number of imidazole rings is 1. The summed E-state index contributed by atoms with van der Waals surface area (Å²) in [6, 6.07) is 0. The van der Waals surface area contributed by atoms with Gasteiger partial charge in [0.25, 0.3) is 11.4 Å². The zero-order valence-corrected chi connectivity index (χ0v) is 13.4. The molecule has 0 unspecified atom stereocenters. The largest absolute Gasteiger partial charge is 0.332 e. The van der Waals surface area contributed by atoms with Gasteiger partial charge in [0.1, 0.15) is 5.10 Å². The van der Waals surface area contributed by atoms with Gasteiger partial charge in [0.05, 0.1) is 13.4 Å².